The topological polar surface area (TPSA) is 36.4 Å². The standard InChI is InChI=1S/C15H21N3/c1-4-10-16-18-13(5-2)15-11(3)12-8-6-7-9-14(12)17-15/h4,6-11,15-17H,5H2,1-3H3/b10-4+,18-13+. The first-order chi connectivity index (χ1) is 8.77. The van der Waals surface area contributed by atoms with Crippen LogP contribution in [0.2, 0.25) is 0 Å². The van der Waals surface area contributed by atoms with Crippen molar-refractivity contribution in [3.05, 3.63) is 42.1 Å². The van der Waals surface area contributed by atoms with Crippen molar-refractivity contribution >= 4 is 11.4 Å². The Morgan fingerprint density at radius 1 is 1.44 bits per heavy atom. The van der Waals surface area contributed by atoms with Gasteiger partial charge in [-0.3, -0.25) is 5.43 Å². The maximum absolute atomic E-state index is 4.46. The predicted molar refractivity (Wildman–Crippen MR) is 77.9 cm³/mol. The summed E-state index contributed by atoms with van der Waals surface area (Å²) in [4.78, 5) is 0. The number of para-hydroxylation sites is 1. The quantitative estimate of drug-likeness (QED) is 0.627. The van der Waals surface area contributed by atoms with Gasteiger partial charge in [-0.1, -0.05) is 38.1 Å². The number of rotatable bonds is 4. The van der Waals surface area contributed by atoms with Crippen molar-refractivity contribution in [1.82, 2.24) is 5.43 Å². The fraction of sp³-hybridized carbons (Fsp3) is 0.400. The number of nitrogens with zero attached hydrogens (tertiary/aromatic N) is 1. The van der Waals surface area contributed by atoms with Gasteiger partial charge in [0.05, 0.1) is 11.8 Å². The van der Waals surface area contributed by atoms with Crippen LogP contribution in [0.3, 0.4) is 0 Å². The van der Waals surface area contributed by atoms with Gasteiger partial charge in [0, 0.05) is 17.8 Å². The number of anilines is 1. The molecule has 3 heteroatoms. The predicted octanol–water partition coefficient (Wildman–Crippen LogP) is 3.47. The summed E-state index contributed by atoms with van der Waals surface area (Å²) >= 11 is 0. The average Bonchev–Trinajstić information content (AvgIpc) is 2.73. The Morgan fingerprint density at radius 3 is 2.89 bits per heavy atom. The largest absolute Gasteiger partial charge is 0.376 e. The Morgan fingerprint density at radius 2 is 2.22 bits per heavy atom. The summed E-state index contributed by atoms with van der Waals surface area (Å²) in [5.74, 6) is 0.465. The van der Waals surface area contributed by atoms with Crippen LogP contribution in [0.4, 0.5) is 5.69 Å². The lowest BCUT2D eigenvalue weighted by atomic mass is 9.93. The summed E-state index contributed by atoms with van der Waals surface area (Å²) < 4.78 is 0. The Labute approximate surface area is 109 Å². The van der Waals surface area contributed by atoms with Crippen molar-refractivity contribution in [3.8, 4) is 0 Å². The number of hydrogen-bond donors (Lipinski definition) is 2. The molecule has 2 rings (SSSR count). The molecule has 0 saturated carbocycles. The van der Waals surface area contributed by atoms with Gasteiger partial charge in [-0.2, -0.15) is 5.10 Å². The van der Waals surface area contributed by atoms with Gasteiger partial charge in [-0.15, -0.1) is 0 Å². The van der Waals surface area contributed by atoms with Crippen molar-refractivity contribution < 1.29 is 0 Å². The average molecular weight is 243 g/mol. The number of nitrogens with one attached hydrogen (secondary N) is 2. The summed E-state index contributed by atoms with van der Waals surface area (Å²) in [6.45, 7) is 6.37. The zero-order chi connectivity index (χ0) is 13.0. The molecule has 96 valence electrons. The number of hydrazone groups is 1. The second-order valence-corrected chi connectivity index (χ2v) is 4.58. The first kappa shape index (κ1) is 12.7. The summed E-state index contributed by atoms with van der Waals surface area (Å²) in [5.41, 5.74) is 6.76. The van der Waals surface area contributed by atoms with E-state index in [4.69, 9.17) is 0 Å². The maximum atomic E-state index is 4.46. The van der Waals surface area contributed by atoms with Crippen LogP contribution in [0.5, 0.6) is 0 Å². The molecule has 0 aromatic heterocycles. The lowest BCUT2D eigenvalue weighted by Crippen LogP contribution is -2.30. The second kappa shape index (κ2) is 5.71. The first-order valence-corrected chi connectivity index (χ1v) is 6.56. The monoisotopic (exact) mass is 243 g/mol. The first-order valence-electron chi connectivity index (χ1n) is 6.56. The van der Waals surface area contributed by atoms with E-state index in [2.05, 4.69) is 54.0 Å². The second-order valence-electron chi connectivity index (χ2n) is 4.58. The van der Waals surface area contributed by atoms with E-state index in [0.717, 1.165) is 12.1 Å². The van der Waals surface area contributed by atoms with Gasteiger partial charge in [0.2, 0.25) is 0 Å². The lowest BCUT2D eigenvalue weighted by Gasteiger charge is -2.18. The van der Waals surface area contributed by atoms with Gasteiger partial charge >= 0.3 is 0 Å². The molecule has 2 atom stereocenters. The van der Waals surface area contributed by atoms with Gasteiger partial charge in [0.15, 0.2) is 0 Å². The van der Waals surface area contributed by atoms with Crippen LogP contribution >= 0.6 is 0 Å². The van der Waals surface area contributed by atoms with Crippen LogP contribution in [0.25, 0.3) is 0 Å². The minimum atomic E-state index is 0.296. The van der Waals surface area contributed by atoms with Crippen LogP contribution in [-0.4, -0.2) is 11.8 Å². The minimum absolute atomic E-state index is 0.296. The molecule has 0 aliphatic carbocycles. The summed E-state index contributed by atoms with van der Waals surface area (Å²) in [6, 6.07) is 8.80. The number of allylic oxidation sites excluding steroid dienone is 1. The molecule has 3 nitrogen and oxygen atoms in total. The highest BCUT2D eigenvalue weighted by Gasteiger charge is 2.31. The van der Waals surface area contributed by atoms with Crippen LogP contribution in [0.1, 0.15) is 38.7 Å². The Bertz CT molecular complexity index is 463. The van der Waals surface area contributed by atoms with Gasteiger partial charge < -0.3 is 5.32 Å². The Kier molecular flexibility index (Phi) is 4.03. The third-order valence-corrected chi connectivity index (χ3v) is 3.43. The number of benzene rings is 1. The molecular formula is C15H21N3. The molecule has 2 unspecified atom stereocenters. The van der Waals surface area contributed by atoms with Gasteiger partial charge in [0.1, 0.15) is 0 Å². The molecule has 1 aliphatic heterocycles. The zero-order valence-electron chi connectivity index (χ0n) is 11.3. The Hall–Kier alpha value is -1.77. The Balaban J connectivity index is 2.18. The molecule has 0 radical (unpaired) electrons. The molecule has 0 fully saturated rings. The highest BCUT2D eigenvalue weighted by molar-refractivity contribution is 5.94. The molecule has 1 heterocycles. The smallest absolute Gasteiger partial charge is 0.0730 e. The van der Waals surface area contributed by atoms with Crippen LogP contribution in [-0.2, 0) is 0 Å². The maximum Gasteiger partial charge on any atom is 0.0730 e. The molecule has 2 N–H and O–H groups in total. The number of fused-ring (bicyclic) bond motifs is 1. The highest BCUT2D eigenvalue weighted by atomic mass is 15.3. The van der Waals surface area contributed by atoms with Crippen molar-refractivity contribution in [2.24, 2.45) is 5.10 Å². The van der Waals surface area contributed by atoms with Gasteiger partial charge in [-0.05, 0) is 25.0 Å². The van der Waals surface area contributed by atoms with Crippen molar-refractivity contribution in [3.63, 3.8) is 0 Å². The minimum Gasteiger partial charge on any atom is -0.376 e. The van der Waals surface area contributed by atoms with E-state index in [1.54, 1.807) is 0 Å². The molecule has 1 aliphatic rings. The fourth-order valence-electron chi connectivity index (χ4n) is 2.43. The van der Waals surface area contributed by atoms with Crippen LogP contribution in [0.15, 0.2) is 41.6 Å². The van der Waals surface area contributed by atoms with Crippen LogP contribution in [0, 0.1) is 0 Å². The van der Waals surface area contributed by atoms with E-state index in [9.17, 15) is 0 Å². The van der Waals surface area contributed by atoms with E-state index in [0.29, 0.717) is 12.0 Å². The molecule has 1 aromatic carbocycles. The SMILES string of the molecule is C/C=C/N/N=C(\CC)C1Nc2ccccc2C1C. The third-order valence-electron chi connectivity index (χ3n) is 3.43. The molecule has 0 spiro atoms. The van der Waals surface area contributed by atoms with Crippen molar-refractivity contribution in [2.45, 2.75) is 39.2 Å². The molecular weight excluding hydrogens is 222 g/mol. The fourth-order valence-corrected chi connectivity index (χ4v) is 2.43. The summed E-state index contributed by atoms with van der Waals surface area (Å²) in [5, 5.41) is 8.03. The molecule has 18 heavy (non-hydrogen) atoms. The van der Waals surface area contributed by atoms with Crippen molar-refractivity contribution in [2.75, 3.05) is 5.32 Å². The lowest BCUT2D eigenvalue weighted by molar-refractivity contribution is 0.751. The molecule has 1 aromatic rings. The summed E-state index contributed by atoms with van der Waals surface area (Å²) in [7, 11) is 0. The van der Waals surface area contributed by atoms with Gasteiger partial charge in [0.25, 0.3) is 0 Å². The van der Waals surface area contributed by atoms with E-state index < -0.39 is 0 Å². The third kappa shape index (κ3) is 2.40. The van der Waals surface area contributed by atoms with Crippen LogP contribution < -0.4 is 10.7 Å². The zero-order valence-corrected chi connectivity index (χ0v) is 11.3. The normalized spacial score (nSPS) is 22.9. The summed E-state index contributed by atoms with van der Waals surface area (Å²) in [6.07, 6.45) is 4.74. The molecule has 0 saturated heterocycles. The van der Waals surface area contributed by atoms with E-state index in [1.807, 2.05) is 19.2 Å². The highest BCUT2D eigenvalue weighted by Crippen LogP contribution is 2.36. The van der Waals surface area contributed by atoms with E-state index >= 15 is 0 Å². The number of hydrogen-bond acceptors (Lipinski definition) is 3. The molecule has 0 amide bonds. The molecule has 0 bridgehead atoms. The van der Waals surface area contributed by atoms with Gasteiger partial charge in [-0.25, -0.2) is 0 Å². The van der Waals surface area contributed by atoms with Crippen molar-refractivity contribution in [1.29, 1.82) is 0 Å². The van der Waals surface area contributed by atoms with E-state index in [1.165, 1.54) is 11.3 Å². The van der Waals surface area contributed by atoms with E-state index in [-0.39, 0.29) is 0 Å².